The van der Waals surface area contributed by atoms with E-state index in [9.17, 15) is 5.11 Å². The summed E-state index contributed by atoms with van der Waals surface area (Å²) < 4.78 is 0. The van der Waals surface area contributed by atoms with Crippen LogP contribution in [-0.4, -0.2) is 48.3 Å². The van der Waals surface area contributed by atoms with Gasteiger partial charge in [-0.15, -0.1) is 0 Å². The van der Waals surface area contributed by atoms with Gasteiger partial charge in [0.25, 0.3) is 0 Å². The first-order chi connectivity index (χ1) is 9.55. The molecule has 0 spiro atoms. The summed E-state index contributed by atoms with van der Waals surface area (Å²) in [4.78, 5) is 2.53. The Morgan fingerprint density at radius 1 is 1.05 bits per heavy atom. The number of hydrogen-bond acceptors (Lipinski definition) is 3. The third kappa shape index (κ3) is 4.71. The predicted molar refractivity (Wildman–Crippen MR) is 85.0 cm³/mol. The zero-order valence-corrected chi connectivity index (χ0v) is 13.6. The number of nitrogens with one attached hydrogen (secondary N) is 1. The van der Waals surface area contributed by atoms with E-state index in [-0.39, 0.29) is 0 Å². The molecule has 1 saturated carbocycles. The van der Waals surface area contributed by atoms with Crippen molar-refractivity contribution in [3.05, 3.63) is 0 Å². The van der Waals surface area contributed by atoms with Gasteiger partial charge in [0.2, 0.25) is 0 Å². The van der Waals surface area contributed by atoms with Gasteiger partial charge < -0.3 is 10.4 Å². The quantitative estimate of drug-likeness (QED) is 0.761. The average molecular weight is 282 g/mol. The lowest BCUT2D eigenvalue weighted by Gasteiger charge is -2.43. The van der Waals surface area contributed by atoms with Crippen LogP contribution in [0.25, 0.3) is 0 Å². The van der Waals surface area contributed by atoms with E-state index in [0.29, 0.717) is 5.41 Å². The van der Waals surface area contributed by atoms with Crippen LogP contribution in [0.1, 0.15) is 65.2 Å². The molecule has 2 aliphatic rings. The highest BCUT2D eigenvalue weighted by Crippen LogP contribution is 2.36. The molecule has 0 bridgehead atoms. The van der Waals surface area contributed by atoms with Crippen LogP contribution in [0.2, 0.25) is 0 Å². The molecule has 2 N–H and O–H groups in total. The summed E-state index contributed by atoms with van der Waals surface area (Å²) in [5.41, 5.74) is -0.0255. The van der Waals surface area contributed by atoms with Crippen LogP contribution < -0.4 is 5.32 Å². The Morgan fingerprint density at radius 3 is 2.35 bits per heavy atom. The SMILES string of the molecule is CCNCC1(CN2CCCC(C)(O)C2)CCCCCC1. The number of likely N-dealkylation sites (tertiary alicyclic amines) is 1. The van der Waals surface area contributed by atoms with Crippen LogP contribution >= 0.6 is 0 Å². The predicted octanol–water partition coefficient (Wildman–Crippen LogP) is 2.78. The number of hydrogen-bond donors (Lipinski definition) is 2. The smallest absolute Gasteiger partial charge is 0.0746 e. The molecule has 0 amide bonds. The van der Waals surface area contributed by atoms with Gasteiger partial charge in [-0.05, 0) is 51.1 Å². The summed E-state index contributed by atoms with van der Waals surface area (Å²) in [7, 11) is 0. The first-order valence-corrected chi connectivity index (χ1v) is 8.71. The highest BCUT2D eigenvalue weighted by atomic mass is 16.3. The van der Waals surface area contributed by atoms with Gasteiger partial charge in [0.15, 0.2) is 0 Å². The molecule has 0 aromatic rings. The van der Waals surface area contributed by atoms with E-state index in [1.807, 2.05) is 6.92 Å². The second kappa shape index (κ2) is 7.24. The minimum atomic E-state index is -0.470. The number of nitrogens with zero attached hydrogens (tertiary/aromatic N) is 1. The van der Waals surface area contributed by atoms with Crippen LogP contribution in [0.5, 0.6) is 0 Å². The first-order valence-electron chi connectivity index (χ1n) is 8.71. The summed E-state index contributed by atoms with van der Waals surface area (Å²) in [6.45, 7) is 9.64. The fourth-order valence-corrected chi connectivity index (χ4v) is 4.19. The van der Waals surface area contributed by atoms with E-state index < -0.39 is 5.60 Å². The zero-order chi connectivity index (χ0) is 14.5. The summed E-state index contributed by atoms with van der Waals surface area (Å²) in [5.74, 6) is 0. The topological polar surface area (TPSA) is 35.5 Å². The minimum Gasteiger partial charge on any atom is -0.389 e. The molecule has 2 fully saturated rings. The van der Waals surface area contributed by atoms with E-state index in [0.717, 1.165) is 32.5 Å². The van der Waals surface area contributed by atoms with Crippen molar-refractivity contribution in [2.45, 2.75) is 70.8 Å². The number of β-amino-alcohol motifs (C(OH)–C–C–N with tert-alkyl or cyclic N) is 1. The summed E-state index contributed by atoms with van der Waals surface area (Å²) in [6, 6.07) is 0. The van der Waals surface area contributed by atoms with Crippen molar-refractivity contribution in [1.82, 2.24) is 10.2 Å². The van der Waals surface area contributed by atoms with Crippen molar-refractivity contribution in [3.63, 3.8) is 0 Å². The van der Waals surface area contributed by atoms with Crippen LogP contribution in [-0.2, 0) is 0 Å². The lowest BCUT2D eigenvalue weighted by Crippen LogP contribution is -2.51. The zero-order valence-electron chi connectivity index (χ0n) is 13.6. The van der Waals surface area contributed by atoms with Crippen molar-refractivity contribution in [1.29, 1.82) is 0 Å². The average Bonchev–Trinajstić information content (AvgIpc) is 2.61. The molecule has 1 atom stereocenters. The van der Waals surface area contributed by atoms with E-state index in [1.54, 1.807) is 0 Å². The molecule has 1 aliphatic carbocycles. The second-order valence-electron chi connectivity index (χ2n) is 7.51. The van der Waals surface area contributed by atoms with Gasteiger partial charge in [0.05, 0.1) is 5.60 Å². The molecule has 1 unspecified atom stereocenters. The molecular formula is C17H34N2O. The molecule has 1 saturated heterocycles. The largest absolute Gasteiger partial charge is 0.389 e. The number of piperidine rings is 1. The Bertz CT molecular complexity index is 283. The Morgan fingerprint density at radius 2 is 1.75 bits per heavy atom. The number of aliphatic hydroxyl groups is 1. The highest BCUT2D eigenvalue weighted by Gasteiger charge is 2.36. The first kappa shape index (κ1) is 16.3. The molecule has 1 heterocycles. The van der Waals surface area contributed by atoms with Gasteiger partial charge >= 0.3 is 0 Å². The van der Waals surface area contributed by atoms with Crippen molar-refractivity contribution < 1.29 is 5.11 Å². The van der Waals surface area contributed by atoms with Crippen LogP contribution in [0, 0.1) is 5.41 Å². The molecule has 0 radical (unpaired) electrons. The maximum atomic E-state index is 10.3. The van der Waals surface area contributed by atoms with Gasteiger partial charge in [-0.25, -0.2) is 0 Å². The molecular weight excluding hydrogens is 248 g/mol. The molecule has 118 valence electrons. The second-order valence-corrected chi connectivity index (χ2v) is 7.51. The van der Waals surface area contributed by atoms with E-state index in [2.05, 4.69) is 17.1 Å². The Balaban J connectivity index is 1.98. The summed E-state index contributed by atoms with van der Waals surface area (Å²) >= 11 is 0. The van der Waals surface area contributed by atoms with Crippen LogP contribution in [0.15, 0.2) is 0 Å². The van der Waals surface area contributed by atoms with Gasteiger partial charge in [-0.1, -0.05) is 32.6 Å². The van der Waals surface area contributed by atoms with Crippen molar-refractivity contribution >= 4 is 0 Å². The normalized spacial score (nSPS) is 31.9. The monoisotopic (exact) mass is 282 g/mol. The molecule has 0 aromatic heterocycles. The molecule has 2 rings (SSSR count). The third-order valence-corrected chi connectivity index (χ3v) is 5.23. The highest BCUT2D eigenvalue weighted by molar-refractivity contribution is 4.91. The fourth-order valence-electron chi connectivity index (χ4n) is 4.19. The molecule has 1 aliphatic heterocycles. The summed E-state index contributed by atoms with van der Waals surface area (Å²) in [5, 5.41) is 13.9. The Kier molecular flexibility index (Phi) is 5.88. The van der Waals surface area contributed by atoms with E-state index in [4.69, 9.17) is 0 Å². The fraction of sp³-hybridized carbons (Fsp3) is 1.00. The minimum absolute atomic E-state index is 0.444. The Hall–Kier alpha value is -0.120. The van der Waals surface area contributed by atoms with E-state index >= 15 is 0 Å². The van der Waals surface area contributed by atoms with Crippen LogP contribution in [0.4, 0.5) is 0 Å². The molecule has 20 heavy (non-hydrogen) atoms. The van der Waals surface area contributed by atoms with Crippen molar-refractivity contribution in [3.8, 4) is 0 Å². The number of rotatable bonds is 5. The Labute approximate surface area is 125 Å². The molecule has 3 nitrogen and oxygen atoms in total. The van der Waals surface area contributed by atoms with Gasteiger partial charge in [-0.2, -0.15) is 0 Å². The van der Waals surface area contributed by atoms with Gasteiger partial charge in [-0.3, -0.25) is 4.90 Å². The van der Waals surface area contributed by atoms with Crippen LogP contribution in [0.3, 0.4) is 0 Å². The standard InChI is InChI=1S/C17H34N2O/c1-3-18-13-17(10-6-4-5-7-11-17)15-19-12-8-9-16(2,20)14-19/h18,20H,3-15H2,1-2H3. The van der Waals surface area contributed by atoms with Gasteiger partial charge in [0, 0.05) is 19.6 Å². The van der Waals surface area contributed by atoms with Gasteiger partial charge in [0.1, 0.15) is 0 Å². The maximum absolute atomic E-state index is 10.3. The lowest BCUT2D eigenvalue weighted by atomic mass is 9.78. The van der Waals surface area contributed by atoms with Crippen molar-refractivity contribution in [2.24, 2.45) is 5.41 Å². The molecule has 3 heteroatoms. The third-order valence-electron chi connectivity index (χ3n) is 5.23. The van der Waals surface area contributed by atoms with Crippen molar-refractivity contribution in [2.75, 3.05) is 32.7 Å². The molecule has 0 aromatic carbocycles. The van der Waals surface area contributed by atoms with E-state index in [1.165, 1.54) is 51.6 Å². The lowest BCUT2D eigenvalue weighted by molar-refractivity contribution is -0.0303. The maximum Gasteiger partial charge on any atom is 0.0746 e. The summed E-state index contributed by atoms with van der Waals surface area (Å²) in [6.07, 6.45) is 10.4.